The van der Waals surface area contributed by atoms with Gasteiger partial charge >= 0.3 is 0 Å². The Morgan fingerprint density at radius 2 is 1.74 bits per heavy atom. The van der Waals surface area contributed by atoms with E-state index in [-0.39, 0.29) is 5.92 Å². The van der Waals surface area contributed by atoms with Crippen molar-refractivity contribution in [2.75, 3.05) is 0 Å². The minimum Gasteiger partial charge on any atom is -0.390 e. The van der Waals surface area contributed by atoms with E-state index in [0.717, 1.165) is 25.2 Å². The van der Waals surface area contributed by atoms with Crippen molar-refractivity contribution >= 4 is 0 Å². The second-order valence-corrected chi connectivity index (χ2v) is 9.56. The summed E-state index contributed by atoms with van der Waals surface area (Å²) in [4.78, 5) is 0. The highest BCUT2D eigenvalue weighted by atomic mass is 19.1. The molecule has 0 aliphatic heterocycles. The van der Waals surface area contributed by atoms with Gasteiger partial charge in [0.1, 0.15) is 6.17 Å². The second-order valence-electron chi connectivity index (χ2n) is 9.56. The molecule has 23 heavy (non-hydrogen) atoms. The van der Waals surface area contributed by atoms with Gasteiger partial charge in [-0.2, -0.15) is 0 Å². The van der Waals surface area contributed by atoms with Crippen LogP contribution in [0.5, 0.6) is 0 Å². The van der Waals surface area contributed by atoms with E-state index in [0.29, 0.717) is 29.6 Å². The van der Waals surface area contributed by atoms with Gasteiger partial charge in [0.05, 0.1) is 5.60 Å². The Balaban J connectivity index is 1.61. The van der Waals surface area contributed by atoms with Crippen molar-refractivity contribution in [1.82, 2.24) is 0 Å². The van der Waals surface area contributed by atoms with E-state index < -0.39 is 11.8 Å². The Kier molecular flexibility index (Phi) is 3.72. The van der Waals surface area contributed by atoms with Crippen LogP contribution in [0.4, 0.5) is 4.39 Å². The first-order chi connectivity index (χ1) is 10.9. The van der Waals surface area contributed by atoms with Crippen molar-refractivity contribution in [2.24, 2.45) is 35.0 Å². The largest absolute Gasteiger partial charge is 0.390 e. The van der Waals surface area contributed by atoms with Crippen molar-refractivity contribution < 1.29 is 9.50 Å². The van der Waals surface area contributed by atoms with Gasteiger partial charge in [-0.3, -0.25) is 0 Å². The van der Waals surface area contributed by atoms with E-state index in [4.69, 9.17) is 0 Å². The molecule has 1 N–H and O–H groups in total. The number of hydrogen-bond donors (Lipinski definition) is 1. The molecule has 4 rings (SSSR count). The van der Waals surface area contributed by atoms with Crippen LogP contribution in [-0.2, 0) is 0 Å². The standard InChI is InChI=1S/C21H33FO/c1-4-13-5-6-18-16-11-19(22)17-12-20(2,23)9-7-15(17)14(16)8-10-21(13,18)3/h4,14-19,23H,5-12H2,1-3H3/b13-4-/t14-,15-,16-,17+,18+,19-,20-,21-/m1/s1. The zero-order valence-electron chi connectivity index (χ0n) is 15.0. The molecule has 8 atom stereocenters. The van der Waals surface area contributed by atoms with Crippen LogP contribution in [0.15, 0.2) is 11.6 Å². The molecule has 0 saturated heterocycles. The molecule has 0 aromatic carbocycles. The predicted molar refractivity (Wildman–Crippen MR) is 91.8 cm³/mol. The van der Waals surface area contributed by atoms with Crippen molar-refractivity contribution in [3.8, 4) is 0 Å². The SMILES string of the molecule is C/C=C1/CC[C@H]2[C@@H]3C[C@@H](F)[C@H]4C[C@](C)(O)CC[C@@H]4[C@H]3CC[C@]12C. The molecule has 0 amide bonds. The monoisotopic (exact) mass is 320 g/mol. The van der Waals surface area contributed by atoms with Gasteiger partial charge in [-0.15, -0.1) is 0 Å². The van der Waals surface area contributed by atoms with Crippen LogP contribution in [0.1, 0.15) is 72.1 Å². The average Bonchev–Trinajstić information content (AvgIpc) is 2.84. The van der Waals surface area contributed by atoms with Gasteiger partial charge in [-0.05, 0) is 100 Å². The summed E-state index contributed by atoms with van der Waals surface area (Å²) in [7, 11) is 0. The summed E-state index contributed by atoms with van der Waals surface area (Å²) < 4.78 is 15.1. The van der Waals surface area contributed by atoms with Gasteiger partial charge in [0.2, 0.25) is 0 Å². The lowest BCUT2D eigenvalue weighted by atomic mass is 9.49. The Bertz CT molecular complexity index is 510. The topological polar surface area (TPSA) is 20.2 Å². The van der Waals surface area contributed by atoms with Crippen molar-refractivity contribution in [1.29, 1.82) is 0 Å². The second kappa shape index (κ2) is 5.31. The van der Waals surface area contributed by atoms with Gasteiger partial charge in [0, 0.05) is 0 Å². The van der Waals surface area contributed by atoms with Gasteiger partial charge in [-0.25, -0.2) is 4.39 Å². The molecule has 4 fully saturated rings. The molecule has 4 aliphatic rings. The van der Waals surface area contributed by atoms with Gasteiger partial charge < -0.3 is 5.11 Å². The van der Waals surface area contributed by atoms with Gasteiger partial charge in [0.15, 0.2) is 0 Å². The molecular formula is C21H33FO. The third-order valence-corrected chi connectivity index (χ3v) is 8.44. The lowest BCUT2D eigenvalue weighted by Crippen LogP contribution is -2.53. The van der Waals surface area contributed by atoms with E-state index >= 15 is 4.39 Å². The number of allylic oxidation sites excluding steroid dienone is 2. The summed E-state index contributed by atoms with van der Waals surface area (Å²) >= 11 is 0. The highest BCUT2D eigenvalue weighted by molar-refractivity contribution is 5.23. The molecule has 4 saturated carbocycles. The van der Waals surface area contributed by atoms with Crippen LogP contribution in [0.2, 0.25) is 0 Å². The van der Waals surface area contributed by atoms with Gasteiger partial charge in [-0.1, -0.05) is 18.6 Å². The molecule has 130 valence electrons. The fourth-order valence-corrected chi connectivity index (χ4v) is 7.32. The molecule has 0 unspecified atom stereocenters. The number of fused-ring (bicyclic) bond motifs is 5. The molecule has 2 heteroatoms. The third kappa shape index (κ3) is 2.34. The number of aliphatic hydroxyl groups is 1. The van der Waals surface area contributed by atoms with Crippen LogP contribution in [-0.4, -0.2) is 16.9 Å². The Morgan fingerprint density at radius 1 is 1.04 bits per heavy atom. The summed E-state index contributed by atoms with van der Waals surface area (Å²) in [6, 6.07) is 0. The minimum absolute atomic E-state index is 0.118. The summed E-state index contributed by atoms with van der Waals surface area (Å²) in [6.07, 6.45) is 10.1. The number of hydrogen-bond acceptors (Lipinski definition) is 1. The highest BCUT2D eigenvalue weighted by Gasteiger charge is 2.58. The van der Waals surface area contributed by atoms with Crippen LogP contribution in [0, 0.1) is 35.0 Å². The quantitative estimate of drug-likeness (QED) is 0.602. The summed E-state index contributed by atoms with van der Waals surface area (Å²) in [5, 5.41) is 10.4. The molecule has 0 aromatic rings. The number of rotatable bonds is 0. The van der Waals surface area contributed by atoms with E-state index in [9.17, 15) is 5.11 Å². The molecule has 0 bridgehead atoms. The van der Waals surface area contributed by atoms with Crippen molar-refractivity contribution in [3.63, 3.8) is 0 Å². The lowest BCUT2D eigenvalue weighted by molar-refractivity contribution is -0.118. The van der Waals surface area contributed by atoms with E-state index in [2.05, 4.69) is 19.9 Å². The fourth-order valence-electron chi connectivity index (χ4n) is 7.32. The minimum atomic E-state index is -0.690. The first-order valence-electron chi connectivity index (χ1n) is 9.88. The molecule has 0 aromatic heterocycles. The van der Waals surface area contributed by atoms with Crippen LogP contribution >= 0.6 is 0 Å². The normalized spacial score (nSPS) is 57.7. The molecule has 0 heterocycles. The van der Waals surface area contributed by atoms with Crippen molar-refractivity contribution in [2.45, 2.75) is 83.9 Å². The molecule has 4 aliphatic carbocycles. The van der Waals surface area contributed by atoms with Gasteiger partial charge in [0.25, 0.3) is 0 Å². The van der Waals surface area contributed by atoms with E-state index in [1.165, 1.54) is 25.7 Å². The number of halogens is 1. The van der Waals surface area contributed by atoms with Crippen molar-refractivity contribution in [3.05, 3.63) is 11.6 Å². The smallest absolute Gasteiger partial charge is 0.104 e. The fraction of sp³-hybridized carbons (Fsp3) is 0.905. The Morgan fingerprint density at radius 3 is 2.48 bits per heavy atom. The lowest BCUT2D eigenvalue weighted by Gasteiger charge is -2.57. The van der Waals surface area contributed by atoms with Crippen LogP contribution in [0.25, 0.3) is 0 Å². The highest BCUT2D eigenvalue weighted by Crippen LogP contribution is 2.64. The molecule has 0 spiro atoms. The summed E-state index contributed by atoms with van der Waals surface area (Å²) in [5.74, 6) is 2.66. The zero-order valence-corrected chi connectivity index (χ0v) is 15.0. The third-order valence-electron chi connectivity index (χ3n) is 8.44. The maximum absolute atomic E-state index is 15.1. The maximum atomic E-state index is 15.1. The Hall–Kier alpha value is -0.370. The molecule has 0 radical (unpaired) electrons. The summed E-state index contributed by atoms with van der Waals surface area (Å²) in [5.41, 5.74) is 1.36. The summed E-state index contributed by atoms with van der Waals surface area (Å²) in [6.45, 7) is 6.56. The predicted octanol–water partition coefficient (Wildman–Crippen LogP) is 5.28. The molecular weight excluding hydrogens is 287 g/mol. The average molecular weight is 320 g/mol. The van der Waals surface area contributed by atoms with Crippen LogP contribution < -0.4 is 0 Å². The van der Waals surface area contributed by atoms with Crippen LogP contribution in [0.3, 0.4) is 0 Å². The molecule has 1 nitrogen and oxygen atoms in total. The number of alkyl halides is 1. The van der Waals surface area contributed by atoms with E-state index in [1.54, 1.807) is 5.57 Å². The first-order valence-corrected chi connectivity index (χ1v) is 9.88. The maximum Gasteiger partial charge on any atom is 0.104 e. The first kappa shape index (κ1) is 16.1. The Labute approximate surface area is 140 Å². The van der Waals surface area contributed by atoms with E-state index in [1.807, 2.05) is 6.92 Å². The zero-order chi connectivity index (χ0) is 16.4.